The first-order valence-electron chi connectivity index (χ1n) is 9.57. The summed E-state index contributed by atoms with van der Waals surface area (Å²) in [5.41, 5.74) is 1.90. The van der Waals surface area contributed by atoms with Crippen molar-refractivity contribution >= 4 is 11.7 Å². The highest BCUT2D eigenvalue weighted by Gasteiger charge is 2.08. The van der Waals surface area contributed by atoms with Crippen LogP contribution in [-0.2, 0) is 22.6 Å². The number of aromatic nitrogens is 3. The molecule has 0 fully saturated rings. The number of aromatic amines is 1. The van der Waals surface area contributed by atoms with E-state index in [4.69, 9.17) is 9.47 Å². The van der Waals surface area contributed by atoms with E-state index >= 15 is 0 Å². The van der Waals surface area contributed by atoms with Crippen LogP contribution in [-0.4, -0.2) is 40.6 Å². The fraction of sp³-hybridized carbons (Fsp3) is 0.273. The molecule has 1 heterocycles. The van der Waals surface area contributed by atoms with Crippen LogP contribution in [0.3, 0.4) is 0 Å². The van der Waals surface area contributed by atoms with Crippen molar-refractivity contribution < 1.29 is 19.1 Å². The second kappa shape index (κ2) is 10.2. The molecular weight excluding hydrogens is 384 g/mol. The number of carbonyl (C=O) groups is 2. The van der Waals surface area contributed by atoms with Gasteiger partial charge >= 0.3 is 0 Å². The number of carbonyl (C=O) groups excluding carboxylic acids is 2. The first-order valence-corrected chi connectivity index (χ1v) is 9.57. The van der Waals surface area contributed by atoms with Crippen LogP contribution >= 0.6 is 0 Å². The Bertz CT molecular complexity index is 981. The molecule has 0 aliphatic carbocycles. The lowest BCUT2D eigenvalue weighted by atomic mass is 10.1. The van der Waals surface area contributed by atoms with Gasteiger partial charge in [0, 0.05) is 12.0 Å². The molecule has 0 aliphatic heterocycles. The van der Waals surface area contributed by atoms with Crippen molar-refractivity contribution in [2.75, 3.05) is 13.7 Å². The van der Waals surface area contributed by atoms with E-state index in [0.29, 0.717) is 30.2 Å². The Morgan fingerprint density at radius 2 is 1.73 bits per heavy atom. The zero-order valence-electron chi connectivity index (χ0n) is 17.0. The quantitative estimate of drug-likeness (QED) is 0.534. The molecule has 0 unspecified atom stereocenters. The van der Waals surface area contributed by atoms with Gasteiger partial charge in [-0.2, -0.15) is 5.10 Å². The van der Waals surface area contributed by atoms with Gasteiger partial charge in [0.15, 0.2) is 12.4 Å². The van der Waals surface area contributed by atoms with Gasteiger partial charge in [-0.25, -0.2) is 4.98 Å². The third kappa shape index (κ3) is 6.16. The number of rotatable bonds is 10. The average Bonchev–Trinajstić information content (AvgIpc) is 3.24. The average molecular weight is 408 g/mol. The number of hydrogen-bond donors (Lipinski definition) is 2. The van der Waals surface area contributed by atoms with E-state index in [0.717, 1.165) is 16.9 Å². The van der Waals surface area contributed by atoms with Crippen LogP contribution in [0.4, 0.5) is 0 Å². The minimum absolute atomic E-state index is 0.105. The molecule has 8 heteroatoms. The maximum absolute atomic E-state index is 12.0. The summed E-state index contributed by atoms with van der Waals surface area (Å²) in [5.74, 6) is 2.34. The lowest BCUT2D eigenvalue weighted by molar-refractivity contribution is -0.123. The van der Waals surface area contributed by atoms with Gasteiger partial charge < -0.3 is 19.6 Å². The Morgan fingerprint density at radius 1 is 1.03 bits per heavy atom. The zero-order valence-corrected chi connectivity index (χ0v) is 17.0. The highest BCUT2D eigenvalue weighted by molar-refractivity contribution is 5.77. The maximum atomic E-state index is 12.0. The van der Waals surface area contributed by atoms with E-state index in [1.807, 2.05) is 36.4 Å². The second-order valence-corrected chi connectivity index (χ2v) is 6.75. The maximum Gasteiger partial charge on any atom is 0.258 e. The summed E-state index contributed by atoms with van der Waals surface area (Å²) >= 11 is 0. The number of nitrogens with zero attached hydrogens (tertiary/aromatic N) is 2. The Balaban J connectivity index is 1.43. The normalized spacial score (nSPS) is 10.5. The van der Waals surface area contributed by atoms with Crippen molar-refractivity contribution in [1.82, 2.24) is 20.5 Å². The van der Waals surface area contributed by atoms with Crippen molar-refractivity contribution in [1.29, 1.82) is 0 Å². The van der Waals surface area contributed by atoms with Gasteiger partial charge in [0.1, 0.15) is 23.1 Å². The smallest absolute Gasteiger partial charge is 0.258 e. The summed E-state index contributed by atoms with van der Waals surface area (Å²) in [6.45, 7) is 1.69. The van der Waals surface area contributed by atoms with E-state index in [9.17, 15) is 9.59 Å². The fourth-order valence-corrected chi connectivity index (χ4v) is 2.70. The van der Waals surface area contributed by atoms with E-state index in [1.165, 1.54) is 0 Å². The standard InChI is InChI=1S/C22H24N4O4/c1-15(27)3-4-16-5-9-19(10-6-16)30-14-21(28)23-13-20-24-22(26-25-20)17-7-11-18(29-2)12-8-17/h5-12H,3-4,13-14H2,1-2H3,(H,23,28)(H,24,25,26). The Kier molecular flexibility index (Phi) is 7.15. The largest absolute Gasteiger partial charge is 0.497 e. The molecule has 0 saturated carbocycles. The van der Waals surface area contributed by atoms with Crippen LogP contribution < -0.4 is 14.8 Å². The molecule has 1 aromatic heterocycles. The van der Waals surface area contributed by atoms with Crippen molar-refractivity contribution in [2.24, 2.45) is 0 Å². The molecular formula is C22H24N4O4. The molecule has 1 amide bonds. The molecule has 156 valence electrons. The predicted molar refractivity (Wildman–Crippen MR) is 111 cm³/mol. The first kappa shape index (κ1) is 21.0. The zero-order chi connectivity index (χ0) is 21.3. The molecule has 3 rings (SSSR count). The SMILES string of the molecule is COc1ccc(-c2n[nH]c(CNC(=O)COc3ccc(CCC(C)=O)cc3)n2)cc1. The topological polar surface area (TPSA) is 106 Å². The monoisotopic (exact) mass is 408 g/mol. The Hall–Kier alpha value is -3.68. The molecule has 2 aromatic carbocycles. The number of H-pyrrole nitrogens is 1. The first-order chi connectivity index (χ1) is 14.5. The third-order valence-electron chi connectivity index (χ3n) is 4.39. The third-order valence-corrected chi connectivity index (χ3v) is 4.39. The van der Waals surface area contributed by atoms with Gasteiger partial charge in [-0.3, -0.25) is 9.89 Å². The number of benzene rings is 2. The number of ketones is 1. The molecule has 0 saturated heterocycles. The van der Waals surface area contributed by atoms with Crippen molar-refractivity contribution in [3.63, 3.8) is 0 Å². The van der Waals surface area contributed by atoms with Crippen LogP contribution in [0.25, 0.3) is 11.4 Å². The molecule has 0 aliphatic rings. The minimum atomic E-state index is -0.266. The number of ether oxygens (including phenoxy) is 2. The predicted octanol–water partition coefficient (Wildman–Crippen LogP) is 2.70. The lowest BCUT2D eigenvalue weighted by Gasteiger charge is -2.07. The van der Waals surface area contributed by atoms with E-state index < -0.39 is 0 Å². The van der Waals surface area contributed by atoms with Crippen molar-refractivity contribution in [3.8, 4) is 22.9 Å². The fourth-order valence-electron chi connectivity index (χ4n) is 2.70. The van der Waals surface area contributed by atoms with Crippen LogP contribution in [0.1, 0.15) is 24.7 Å². The summed E-state index contributed by atoms with van der Waals surface area (Å²) in [7, 11) is 1.61. The van der Waals surface area contributed by atoms with Crippen LogP contribution in [0.5, 0.6) is 11.5 Å². The highest BCUT2D eigenvalue weighted by atomic mass is 16.5. The van der Waals surface area contributed by atoms with Crippen molar-refractivity contribution in [3.05, 3.63) is 59.9 Å². The number of Topliss-reactive ketones (excluding diaryl/α,β-unsaturated/α-hetero) is 1. The van der Waals surface area contributed by atoms with Crippen LogP contribution in [0.15, 0.2) is 48.5 Å². The minimum Gasteiger partial charge on any atom is -0.497 e. The number of methoxy groups -OCH3 is 1. The summed E-state index contributed by atoms with van der Waals surface area (Å²) in [5, 5.41) is 9.72. The highest BCUT2D eigenvalue weighted by Crippen LogP contribution is 2.19. The number of hydrogen-bond acceptors (Lipinski definition) is 6. The number of amides is 1. The van der Waals surface area contributed by atoms with Gasteiger partial charge in [0.2, 0.25) is 0 Å². The molecule has 0 bridgehead atoms. The van der Waals surface area contributed by atoms with Gasteiger partial charge in [0.05, 0.1) is 13.7 Å². The number of aryl methyl sites for hydroxylation is 1. The molecule has 2 N–H and O–H groups in total. The van der Waals surface area contributed by atoms with Gasteiger partial charge in [0.25, 0.3) is 5.91 Å². The second-order valence-electron chi connectivity index (χ2n) is 6.75. The lowest BCUT2D eigenvalue weighted by Crippen LogP contribution is -2.28. The van der Waals surface area contributed by atoms with E-state index in [2.05, 4.69) is 20.5 Å². The van der Waals surface area contributed by atoms with Crippen LogP contribution in [0.2, 0.25) is 0 Å². The molecule has 8 nitrogen and oxygen atoms in total. The molecule has 0 spiro atoms. The molecule has 0 atom stereocenters. The van der Waals surface area contributed by atoms with Crippen molar-refractivity contribution in [2.45, 2.75) is 26.3 Å². The van der Waals surface area contributed by atoms with Gasteiger partial charge in [-0.15, -0.1) is 0 Å². The van der Waals surface area contributed by atoms with Crippen LogP contribution in [0, 0.1) is 0 Å². The van der Waals surface area contributed by atoms with Gasteiger partial charge in [-0.1, -0.05) is 12.1 Å². The van der Waals surface area contributed by atoms with E-state index in [1.54, 1.807) is 26.2 Å². The summed E-state index contributed by atoms with van der Waals surface area (Å²) in [4.78, 5) is 27.4. The Morgan fingerprint density at radius 3 is 2.40 bits per heavy atom. The van der Waals surface area contributed by atoms with E-state index in [-0.39, 0.29) is 24.8 Å². The summed E-state index contributed by atoms with van der Waals surface area (Å²) < 4.78 is 10.6. The number of nitrogens with one attached hydrogen (secondary N) is 2. The van der Waals surface area contributed by atoms with Gasteiger partial charge in [-0.05, 0) is 55.3 Å². The molecule has 3 aromatic rings. The summed E-state index contributed by atoms with van der Waals surface area (Å²) in [6, 6.07) is 14.8. The molecule has 0 radical (unpaired) electrons. The molecule has 30 heavy (non-hydrogen) atoms. The summed E-state index contributed by atoms with van der Waals surface area (Å²) in [6.07, 6.45) is 1.22. The Labute approximate surface area is 174 Å².